The maximum Gasteiger partial charge on any atom is 0.339 e. The van der Waals surface area contributed by atoms with Crippen LogP contribution in [-0.4, -0.2) is 16.0 Å². The molecule has 0 aliphatic rings. The molecule has 0 bridgehead atoms. The highest BCUT2D eigenvalue weighted by Gasteiger charge is 2.17. The van der Waals surface area contributed by atoms with Crippen LogP contribution in [0, 0.1) is 17.0 Å². The summed E-state index contributed by atoms with van der Waals surface area (Å²) < 4.78 is 6.42. The first-order valence-corrected chi connectivity index (χ1v) is 6.63. The van der Waals surface area contributed by atoms with Gasteiger partial charge < -0.3 is 9.84 Å². The maximum absolute atomic E-state index is 11.2. The van der Waals surface area contributed by atoms with Gasteiger partial charge in [0.25, 0.3) is 5.69 Å². The summed E-state index contributed by atoms with van der Waals surface area (Å²) >= 11 is 3.35. The number of rotatable bonds is 4. The molecule has 1 N–H and O–H groups in total. The molecule has 0 atom stereocenters. The quantitative estimate of drug-likeness (QED) is 0.659. The second-order valence-corrected chi connectivity index (χ2v) is 5.11. The number of benzene rings is 2. The van der Waals surface area contributed by atoms with Gasteiger partial charge in [0.15, 0.2) is 0 Å². The van der Waals surface area contributed by atoms with Crippen molar-refractivity contribution in [3.8, 4) is 11.5 Å². The molecular weight excluding hydrogens is 342 g/mol. The molecule has 0 saturated carbocycles. The van der Waals surface area contributed by atoms with Gasteiger partial charge in [0.05, 0.1) is 4.92 Å². The fraction of sp³-hybridized carbons (Fsp3) is 0.0714. The largest absolute Gasteiger partial charge is 0.478 e. The first kappa shape index (κ1) is 15.0. The number of nitro groups is 1. The molecule has 0 spiro atoms. The van der Waals surface area contributed by atoms with Crippen LogP contribution in [-0.2, 0) is 0 Å². The van der Waals surface area contributed by atoms with Crippen LogP contribution in [0.3, 0.4) is 0 Å². The molecule has 0 heterocycles. The van der Waals surface area contributed by atoms with Crippen molar-refractivity contribution in [2.45, 2.75) is 6.92 Å². The smallest absolute Gasteiger partial charge is 0.339 e. The Labute approximate surface area is 128 Å². The van der Waals surface area contributed by atoms with E-state index in [-0.39, 0.29) is 17.0 Å². The van der Waals surface area contributed by atoms with Crippen molar-refractivity contribution in [3.63, 3.8) is 0 Å². The van der Waals surface area contributed by atoms with Crippen molar-refractivity contribution >= 4 is 27.6 Å². The molecule has 0 aliphatic carbocycles. The van der Waals surface area contributed by atoms with Gasteiger partial charge in [-0.3, -0.25) is 10.1 Å². The van der Waals surface area contributed by atoms with Crippen molar-refractivity contribution in [3.05, 3.63) is 62.1 Å². The fourth-order valence-electron chi connectivity index (χ4n) is 1.70. The van der Waals surface area contributed by atoms with E-state index in [2.05, 4.69) is 15.9 Å². The average molecular weight is 352 g/mol. The number of non-ortho nitro benzene ring substituents is 1. The van der Waals surface area contributed by atoms with Crippen molar-refractivity contribution in [1.29, 1.82) is 0 Å². The number of carboxylic acids is 1. The van der Waals surface area contributed by atoms with Crippen molar-refractivity contribution in [2.24, 2.45) is 0 Å². The molecule has 108 valence electrons. The van der Waals surface area contributed by atoms with Crippen LogP contribution >= 0.6 is 15.9 Å². The predicted molar refractivity (Wildman–Crippen MR) is 79.0 cm³/mol. The summed E-state index contributed by atoms with van der Waals surface area (Å²) in [4.78, 5) is 21.2. The molecule has 0 aliphatic heterocycles. The lowest BCUT2D eigenvalue weighted by Crippen LogP contribution is -2.01. The highest BCUT2D eigenvalue weighted by molar-refractivity contribution is 9.10. The lowest BCUT2D eigenvalue weighted by molar-refractivity contribution is -0.384. The first-order chi connectivity index (χ1) is 9.88. The molecule has 7 heteroatoms. The Morgan fingerprint density at radius 3 is 2.57 bits per heavy atom. The minimum atomic E-state index is -1.29. The molecule has 21 heavy (non-hydrogen) atoms. The van der Waals surface area contributed by atoms with Crippen LogP contribution in [0.25, 0.3) is 0 Å². The molecule has 2 rings (SSSR count). The Morgan fingerprint density at radius 1 is 1.29 bits per heavy atom. The molecule has 0 fully saturated rings. The number of hydrogen-bond acceptors (Lipinski definition) is 4. The first-order valence-electron chi connectivity index (χ1n) is 5.84. The van der Waals surface area contributed by atoms with Gasteiger partial charge in [0.1, 0.15) is 17.1 Å². The summed E-state index contributed by atoms with van der Waals surface area (Å²) in [5.74, 6) is -0.788. The number of hydrogen-bond donors (Lipinski definition) is 1. The van der Waals surface area contributed by atoms with Gasteiger partial charge in [0.2, 0.25) is 0 Å². The van der Waals surface area contributed by atoms with Gasteiger partial charge in [-0.05, 0) is 36.8 Å². The Hall–Kier alpha value is -2.41. The van der Waals surface area contributed by atoms with E-state index in [4.69, 9.17) is 9.84 Å². The fourth-order valence-corrected chi connectivity index (χ4v) is 1.94. The molecule has 6 nitrogen and oxygen atoms in total. The molecule has 0 unspecified atom stereocenters. The highest BCUT2D eigenvalue weighted by Crippen LogP contribution is 2.30. The number of halogens is 1. The number of nitrogens with zero attached hydrogens (tertiary/aromatic N) is 1. The van der Waals surface area contributed by atoms with E-state index in [9.17, 15) is 14.9 Å². The van der Waals surface area contributed by atoms with Crippen LogP contribution in [0.2, 0.25) is 0 Å². The van der Waals surface area contributed by atoms with E-state index in [1.807, 2.05) is 6.92 Å². The predicted octanol–water partition coefficient (Wildman–Crippen LogP) is 4.16. The summed E-state index contributed by atoms with van der Waals surface area (Å²) in [6, 6.07) is 8.63. The number of aryl methyl sites for hydroxylation is 1. The van der Waals surface area contributed by atoms with Gasteiger partial charge in [-0.1, -0.05) is 15.9 Å². The number of aromatic carboxylic acids is 1. The van der Waals surface area contributed by atoms with Gasteiger partial charge >= 0.3 is 5.97 Å². The van der Waals surface area contributed by atoms with Crippen LogP contribution in [0.5, 0.6) is 11.5 Å². The maximum atomic E-state index is 11.2. The molecule has 2 aromatic carbocycles. The normalized spacial score (nSPS) is 10.2. The summed E-state index contributed by atoms with van der Waals surface area (Å²) in [5, 5.41) is 19.8. The minimum Gasteiger partial charge on any atom is -0.478 e. The Kier molecular flexibility index (Phi) is 4.23. The highest BCUT2D eigenvalue weighted by atomic mass is 79.9. The number of carboxylic acid groups (broad SMARTS) is 1. The van der Waals surface area contributed by atoms with Crippen molar-refractivity contribution < 1.29 is 19.6 Å². The molecule has 0 amide bonds. The zero-order valence-electron chi connectivity index (χ0n) is 10.9. The monoisotopic (exact) mass is 351 g/mol. The standard InChI is InChI=1S/C14H10BrNO5/c1-8-6-10(3-4-12(8)15)21-13-5-2-9(16(19)20)7-11(13)14(17)18/h2-7H,1H3,(H,17,18). The van der Waals surface area contributed by atoms with E-state index in [1.165, 1.54) is 12.1 Å². The molecule has 0 radical (unpaired) electrons. The Balaban J connectivity index is 2.41. The van der Waals surface area contributed by atoms with Crippen LogP contribution in [0.4, 0.5) is 5.69 Å². The van der Waals surface area contributed by atoms with Crippen molar-refractivity contribution in [2.75, 3.05) is 0 Å². The Bertz CT molecular complexity index is 729. The number of nitro benzene ring substituents is 1. The number of carbonyl (C=O) groups is 1. The van der Waals surface area contributed by atoms with Gasteiger partial charge in [0, 0.05) is 16.6 Å². The molecule has 2 aromatic rings. The summed E-state index contributed by atoms with van der Waals surface area (Å²) in [7, 11) is 0. The van der Waals surface area contributed by atoms with Crippen LogP contribution in [0.15, 0.2) is 40.9 Å². The second kappa shape index (κ2) is 5.92. The third kappa shape index (κ3) is 3.38. The third-order valence-corrected chi connectivity index (χ3v) is 3.65. The molecule has 0 aromatic heterocycles. The lowest BCUT2D eigenvalue weighted by Gasteiger charge is -2.09. The van der Waals surface area contributed by atoms with Gasteiger partial charge in [-0.25, -0.2) is 4.79 Å². The molecular formula is C14H10BrNO5. The molecule has 0 saturated heterocycles. The summed E-state index contributed by atoms with van der Waals surface area (Å²) in [5.41, 5.74) is 0.364. The van der Waals surface area contributed by atoms with Crippen LogP contribution < -0.4 is 4.74 Å². The number of ether oxygens (including phenoxy) is 1. The second-order valence-electron chi connectivity index (χ2n) is 4.26. The van der Waals surface area contributed by atoms with Gasteiger partial charge in [-0.15, -0.1) is 0 Å². The topological polar surface area (TPSA) is 89.7 Å². The summed E-state index contributed by atoms with van der Waals surface area (Å²) in [6.45, 7) is 1.87. The minimum absolute atomic E-state index is 0.0508. The lowest BCUT2D eigenvalue weighted by atomic mass is 10.1. The van der Waals surface area contributed by atoms with Crippen LogP contribution in [0.1, 0.15) is 15.9 Å². The Morgan fingerprint density at radius 2 is 2.00 bits per heavy atom. The van der Waals surface area contributed by atoms with Gasteiger partial charge in [-0.2, -0.15) is 0 Å². The van der Waals surface area contributed by atoms with E-state index in [1.54, 1.807) is 18.2 Å². The average Bonchev–Trinajstić information content (AvgIpc) is 2.43. The SMILES string of the molecule is Cc1cc(Oc2ccc([N+](=O)[O-])cc2C(=O)O)ccc1Br. The van der Waals surface area contributed by atoms with E-state index >= 15 is 0 Å². The van der Waals surface area contributed by atoms with E-state index in [0.29, 0.717) is 5.75 Å². The zero-order valence-corrected chi connectivity index (χ0v) is 12.5. The van der Waals surface area contributed by atoms with E-state index < -0.39 is 10.9 Å². The summed E-state index contributed by atoms with van der Waals surface area (Å²) in [6.07, 6.45) is 0. The van der Waals surface area contributed by atoms with E-state index in [0.717, 1.165) is 16.1 Å². The third-order valence-electron chi connectivity index (χ3n) is 2.76. The zero-order chi connectivity index (χ0) is 15.6. The van der Waals surface area contributed by atoms with Crippen molar-refractivity contribution in [1.82, 2.24) is 0 Å².